The minimum Gasteiger partial charge on any atom is -0.726 e. The van der Waals surface area contributed by atoms with E-state index in [2.05, 4.69) is 8.92 Å². The van der Waals surface area contributed by atoms with Crippen molar-refractivity contribution in [3.05, 3.63) is 0 Å². The van der Waals surface area contributed by atoms with E-state index in [1.54, 1.807) is 14.0 Å². The van der Waals surface area contributed by atoms with Crippen LogP contribution in [0.1, 0.15) is 13.8 Å². The Kier molecular flexibility index (Phi) is 17.1. The van der Waals surface area contributed by atoms with E-state index >= 15 is 0 Å². The molecule has 0 aromatic heterocycles. The maximum Gasteiger partial charge on any atom is 1.00 e. The number of aliphatic hydroxyl groups is 1. The van der Waals surface area contributed by atoms with Gasteiger partial charge in [-0.25, -0.2) is 8.42 Å². The van der Waals surface area contributed by atoms with Crippen LogP contribution in [-0.2, 0) is 19.3 Å². The summed E-state index contributed by atoms with van der Waals surface area (Å²) in [6, 6.07) is 0. The van der Waals surface area contributed by atoms with Crippen molar-refractivity contribution in [3.8, 4) is 0 Å². The van der Waals surface area contributed by atoms with Crippen LogP contribution >= 0.6 is 0 Å². The molecule has 0 aromatic carbocycles. The van der Waals surface area contributed by atoms with Crippen molar-refractivity contribution in [3.63, 3.8) is 0 Å². The predicted molar refractivity (Wildman–Crippen MR) is 44.9 cm³/mol. The molecular weight excluding hydrogens is 223 g/mol. The topological polar surface area (TPSA) is 95.9 Å². The predicted octanol–water partition coefficient (Wildman–Crippen LogP) is -3.50. The Balaban J connectivity index is -0.000000163. The summed E-state index contributed by atoms with van der Waals surface area (Å²) in [4.78, 5) is 0. The van der Waals surface area contributed by atoms with Crippen LogP contribution in [0.4, 0.5) is 0 Å². The number of methoxy groups -OCH3 is 1. The van der Waals surface area contributed by atoms with Gasteiger partial charge in [0.05, 0.1) is 19.3 Å². The van der Waals surface area contributed by atoms with Crippen LogP contribution in [-0.4, -0.2) is 44.5 Å². The fourth-order valence-corrected chi connectivity index (χ4v) is 0.674. The van der Waals surface area contributed by atoms with Crippen molar-refractivity contribution in [2.75, 3.05) is 20.3 Å². The first-order valence-electron chi connectivity index (χ1n) is 3.60. The van der Waals surface area contributed by atoms with Gasteiger partial charge in [-0.15, -0.1) is 0 Å². The second-order valence-electron chi connectivity index (χ2n) is 2.12. The largest absolute Gasteiger partial charge is 1.00 e. The summed E-state index contributed by atoms with van der Waals surface area (Å²) in [7, 11) is -2.86. The van der Waals surface area contributed by atoms with Crippen molar-refractivity contribution in [2.45, 2.75) is 20.0 Å². The third-order valence-electron chi connectivity index (χ3n) is 0.670. The maximum absolute atomic E-state index is 9.45. The van der Waals surface area contributed by atoms with Gasteiger partial charge in [0.1, 0.15) is 0 Å². The SMILES string of the molecule is CCOS(=O)(=O)[O-].COCC(C)O.[Na+]. The van der Waals surface area contributed by atoms with Gasteiger partial charge in [0.2, 0.25) is 10.4 Å². The fourth-order valence-electron chi connectivity index (χ4n) is 0.386. The normalized spacial score (nSPS) is 12.1. The Hall–Kier alpha value is 0.790. The molecule has 8 heteroatoms. The molecule has 0 aliphatic carbocycles. The molecule has 0 heterocycles. The summed E-state index contributed by atoms with van der Waals surface area (Å²) < 4.78 is 36.6. The zero-order valence-electron chi connectivity index (χ0n) is 8.89. The van der Waals surface area contributed by atoms with Gasteiger partial charge in [-0.2, -0.15) is 0 Å². The Bertz CT molecular complexity index is 190. The van der Waals surface area contributed by atoms with E-state index in [1.807, 2.05) is 0 Å². The summed E-state index contributed by atoms with van der Waals surface area (Å²) in [5, 5.41) is 8.43. The molecule has 14 heavy (non-hydrogen) atoms. The van der Waals surface area contributed by atoms with E-state index in [4.69, 9.17) is 5.11 Å². The van der Waals surface area contributed by atoms with Gasteiger partial charge in [-0.3, -0.25) is 4.18 Å². The molecule has 0 aliphatic rings. The molecule has 1 N–H and O–H groups in total. The molecule has 0 bridgehead atoms. The molecule has 0 rings (SSSR count). The number of rotatable bonds is 4. The summed E-state index contributed by atoms with van der Waals surface area (Å²) in [6.45, 7) is 3.45. The number of aliphatic hydroxyl groups excluding tert-OH is 1. The number of hydrogen-bond acceptors (Lipinski definition) is 6. The van der Waals surface area contributed by atoms with E-state index in [1.165, 1.54) is 6.92 Å². The average molecular weight is 238 g/mol. The molecule has 82 valence electrons. The van der Waals surface area contributed by atoms with E-state index in [9.17, 15) is 13.0 Å². The number of hydrogen-bond donors (Lipinski definition) is 1. The van der Waals surface area contributed by atoms with Crippen molar-refractivity contribution in [1.29, 1.82) is 0 Å². The minimum absolute atomic E-state index is 0. The molecule has 0 spiro atoms. The van der Waals surface area contributed by atoms with Gasteiger partial charge in [-0.05, 0) is 13.8 Å². The van der Waals surface area contributed by atoms with Gasteiger partial charge in [0.25, 0.3) is 0 Å². The molecule has 0 aromatic rings. The fraction of sp³-hybridized carbons (Fsp3) is 1.00. The third-order valence-corrected chi connectivity index (χ3v) is 1.19. The van der Waals surface area contributed by atoms with Crippen molar-refractivity contribution in [2.24, 2.45) is 0 Å². The van der Waals surface area contributed by atoms with Gasteiger partial charge in [0, 0.05) is 7.11 Å². The molecule has 0 aliphatic heterocycles. The minimum atomic E-state index is -4.42. The van der Waals surface area contributed by atoms with E-state index in [-0.39, 0.29) is 42.3 Å². The Morgan fingerprint density at radius 2 is 1.93 bits per heavy atom. The second kappa shape index (κ2) is 11.9. The monoisotopic (exact) mass is 238 g/mol. The van der Waals surface area contributed by atoms with Crippen LogP contribution in [0.5, 0.6) is 0 Å². The zero-order chi connectivity index (χ0) is 10.9. The van der Waals surface area contributed by atoms with Gasteiger partial charge < -0.3 is 14.4 Å². The van der Waals surface area contributed by atoms with Crippen molar-refractivity contribution >= 4 is 10.4 Å². The molecule has 0 saturated heterocycles. The van der Waals surface area contributed by atoms with Crippen LogP contribution in [0.3, 0.4) is 0 Å². The van der Waals surface area contributed by atoms with E-state index in [0.29, 0.717) is 6.61 Å². The summed E-state index contributed by atoms with van der Waals surface area (Å²) >= 11 is 0. The molecule has 0 radical (unpaired) electrons. The van der Waals surface area contributed by atoms with E-state index in [0.717, 1.165) is 0 Å². The Labute approximate surface area is 107 Å². The number of ether oxygens (including phenoxy) is 1. The summed E-state index contributed by atoms with van der Waals surface area (Å²) in [5.41, 5.74) is 0. The standard InChI is InChI=1S/C4H10O2.C2H6O4S.Na/c1-4(5)3-6-2;1-2-6-7(3,4)5;/h4-5H,3H2,1-2H3;2H2,1H3,(H,3,4,5);/q;;+1/p-1. The van der Waals surface area contributed by atoms with Crippen LogP contribution in [0.25, 0.3) is 0 Å². The summed E-state index contributed by atoms with van der Waals surface area (Å²) in [6.07, 6.45) is -0.324. The van der Waals surface area contributed by atoms with Gasteiger partial charge in [0.15, 0.2) is 0 Å². The van der Waals surface area contributed by atoms with Crippen LogP contribution in [0.15, 0.2) is 0 Å². The molecule has 6 nitrogen and oxygen atoms in total. The summed E-state index contributed by atoms with van der Waals surface area (Å²) in [5.74, 6) is 0. The first kappa shape index (κ1) is 20.2. The Morgan fingerprint density at radius 3 is 1.93 bits per heavy atom. The second-order valence-corrected chi connectivity index (χ2v) is 3.17. The first-order valence-corrected chi connectivity index (χ1v) is 4.94. The van der Waals surface area contributed by atoms with Crippen LogP contribution in [0.2, 0.25) is 0 Å². The Morgan fingerprint density at radius 1 is 1.50 bits per heavy atom. The average Bonchev–Trinajstić information content (AvgIpc) is 1.84. The van der Waals surface area contributed by atoms with Gasteiger partial charge >= 0.3 is 29.6 Å². The molecule has 0 amide bonds. The van der Waals surface area contributed by atoms with Crippen LogP contribution in [0, 0.1) is 0 Å². The maximum atomic E-state index is 9.45. The molecular formula is C6H15NaO6S. The smallest absolute Gasteiger partial charge is 0.726 e. The van der Waals surface area contributed by atoms with Crippen LogP contribution < -0.4 is 29.6 Å². The third kappa shape index (κ3) is 29.3. The first-order chi connectivity index (χ1) is 5.83. The van der Waals surface area contributed by atoms with Crippen molar-refractivity contribution < 1.29 is 56.6 Å². The molecule has 1 atom stereocenters. The quantitative estimate of drug-likeness (QED) is 0.310. The van der Waals surface area contributed by atoms with Gasteiger partial charge in [-0.1, -0.05) is 0 Å². The van der Waals surface area contributed by atoms with Crippen molar-refractivity contribution in [1.82, 2.24) is 0 Å². The zero-order valence-corrected chi connectivity index (χ0v) is 11.7. The molecule has 0 fully saturated rings. The van der Waals surface area contributed by atoms with E-state index < -0.39 is 10.4 Å². The molecule has 1 unspecified atom stereocenters. The molecule has 0 saturated carbocycles.